The van der Waals surface area contributed by atoms with Gasteiger partial charge in [-0.1, -0.05) is 0 Å². The largest absolute Gasteiger partial charge is 0.299 e. The second-order valence-electron chi connectivity index (χ2n) is 0.874. The average Bonchev–Trinajstić information content (AvgIpc) is 1.65. The minimum absolute atomic E-state index is 0.144. The van der Waals surface area contributed by atoms with E-state index in [1.54, 1.807) is 0 Å². The number of rotatable bonds is 2. The standard InChI is InChI=1S/C2H3Cl2NO2/c3-1-2(4)5(6)7/h2H,1H2/t2-/m1/s1. The van der Waals surface area contributed by atoms with Crippen LogP contribution in [0.25, 0.3) is 0 Å². The lowest BCUT2D eigenvalue weighted by Gasteiger charge is -1.90. The first-order valence-corrected chi connectivity index (χ1v) is 2.49. The summed E-state index contributed by atoms with van der Waals surface area (Å²) in [6.07, 6.45) is 0. The summed E-state index contributed by atoms with van der Waals surface area (Å²) in [5.41, 5.74) is -1.14. The van der Waals surface area contributed by atoms with Crippen LogP contribution >= 0.6 is 23.2 Å². The Kier molecular flexibility index (Phi) is 3.04. The lowest BCUT2D eigenvalue weighted by Crippen LogP contribution is -2.12. The van der Waals surface area contributed by atoms with Crippen LogP contribution < -0.4 is 0 Å². The molecule has 0 fully saturated rings. The summed E-state index contributed by atoms with van der Waals surface area (Å²) in [6.45, 7) is 0. The van der Waals surface area contributed by atoms with E-state index in [-0.39, 0.29) is 5.88 Å². The highest BCUT2D eigenvalue weighted by atomic mass is 35.5. The van der Waals surface area contributed by atoms with Crippen LogP contribution in [0.15, 0.2) is 0 Å². The van der Waals surface area contributed by atoms with Gasteiger partial charge < -0.3 is 0 Å². The van der Waals surface area contributed by atoms with Gasteiger partial charge in [0.25, 0.3) is 5.50 Å². The predicted octanol–water partition coefficient (Wildman–Crippen LogP) is 1.07. The zero-order valence-electron chi connectivity index (χ0n) is 3.30. The van der Waals surface area contributed by atoms with Crippen molar-refractivity contribution < 1.29 is 4.92 Å². The summed E-state index contributed by atoms with van der Waals surface area (Å²) >= 11 is 9.94. The van der Waals surface area contributed by atoms with Crippen molar-refractivity contribution in [1.29, 1.82) is 0 Å². The first-order valence-electron chi connectivity index (χ1n) is 1.52. The number of nitrogens with zero attached hydrogens (tertiary/aromatic N) is 1. The monoisotopic (exact) mass is 143 g/mol. The van der Waals surface area contributed by atoms with Crippen LogP contribution in [0.3, 0.4) is 0 Å². The Morgan fingerprint density at radius 1 is 1.86 bits per heavy atom. The maximum Gasteiger partial charge on any atom is 0.299 e. The quantitative estimate of drug-likeness (QED) is 0.251. The highest BCUT2D eigenvalue weighted by molar-refractivity contribution is 6.27. The van der Waals surface area contributed by atoms with Crippen LogP contribution in [0.1, 0.15) is 0 Å². The van der Waals surface area contributed by atoms with Gasteiger partial charge in [0.2, 0.25) is 0 Å². The van der Waals surface area contributed by atoms with E-state index < -0.39 is 10.4 Å². The Balaban J connectivity index is 3.34. The van der Waals surface area contributed by atoms with Gasteiger partial charge in [-0.3, -0.25) is 10.1 Å². The molecule has 0 heterocycles. The molecule has 0 radical (unpaired) electrons. The molecule has 42 valence electrons. The summed E-state index contributed by atoms with van der Waals surface area (Å²) in [4.78, 5) is 8.88. The van der Waals surface area contributed by atoms with E-state index in [2.05, 4.69) is 0 Å². The Labute approximate surface area is 50.4 Å². The van der Waals surface area contributed by atoms with E-state index in [4.69, 9.17) is 23.2 Å². The van der Waals surface area contributed by atoms with Gasteiger partial charge in [-0.2, -0.15) is 0 Å². The van der Waals surface area contributed by atoms with Crippen molar-refractivity contribution >= 4 is 23.2 Å². The molecule has 0 aliphatic rings. The van der Waals surface area contributed by atoms with Gasteiger partial charge in [0.1, 0.15) is 5.88 Å². The van der Waals surface area contributed by atoms with E-state index in [1.165, 1.54) is 0 Å². The number of hydrogen-bond acceptors (Lipinski definition) is 2. The lowest BCUT2D eigenvalue weighted by atomic mass is 10.8. The molecule has 1 atom stereocenters. The number of hydrogen-bond donors (Lipinski definition) is 0. The van der Waals surface area contributed by atoms with Gasteiger partial charge in [-0.05, 0) is 11.6 Å². The van der Waals surface area contributed by atoms with Crippen LogP contribution in [0.4, 0.5) is 0 Å². The van der Waals surface area contributed by atoms with Crippen molar-refractivity contribution in [1.82, 2.24) is 0 Å². The van der Waals surface area contributed by atoms with Crippen molar-refractivity contribution in [3.8, 4) is 0 Å². The lowest BCUT2D eigenvalue weighted by molar-refractivity contribution is -0.492. The SMILES string of the molecule is O=[N+]([O-])[C@@H](Cl)CCl. The molecule has 0 bridgehead atoms. The predicted molar refractivity (Wildman–Crippen MR) is 27.4 cm³/mol. The molecule has 0 aromatic carbocycles. The fourth-order valence-electron chi connectivity index (χ4n) is 0.0563. The molecule has 0 saturated heterocycles. The van der Waals surface area contributed by atoms with Crippen LogP contribution in [0, 0.1) is 10.1 Å². The number of nitro groups is 1. The third-order valence-electron chi connectivity index (χ3n) is 0.356. The molecule has 0 saturated carbocycles. The summed E-state index contributed by atoms with van der Waals surface area (Å²) in [5.74, 6) is -0.144. The Bertz CT molecular complexity index is 76.1. The molecule has 7 heavy (non-hydrogen) atoms. The summed E-state index contributed by atoms with van der Waals surface area (Å²) in [5, 5.41) is 9.52. The molecule has 3 nitrogen and oxygen atoms in total. The summed E-state index contributed by atoms with van der Waals surface area (Å²) < 4.78 is 0. The second-order valence-corrected chi connectivity index (χ2v) is 1.69. The molecule has 0 spiro atoms. The van der Waals surface area contributed by atoms with Crippen LogP contribution in [0.2, 0.25) is 0 Å². The van der Waals surface area contributed by atoms with Gasteiger partial charge in [0, 0.05) is 4.92 Å². The molecule has 0 aliphatic carbocycles. The van der Waals surface area contributed by atoms with Crippen molar-refractivity contribution in [2.45, 2.75) is 5.50 Å². The van der Waals surface area contributed by atoms with Gasteiger partial charge in [-0.15, -0.1) is 11.6 Å². The van der Waals surface area contributed by atoms with Crippen LogP contribution in [-0.2, 0) is 0 Å². The molecule has 0 aromatic rings. The minimum atomic E-state index is -1.14. The van der Waals surface area contributed by atoms with Gasteiger partial charge in [0.05, 0.1) is 0 Å². The highest BCUT2D eigenvalue weighted by Gasteiger charge is 2.11. The molecular weight excluding hydrogens is 141 g/mol. The van der Waals surface area contributed by atoms with Gasteiger partial charge in [-0.25, -0.2) is 0 Å². The molecule has 5 heteroatoms. The normalized spacial score (nSPS) is 13.4. The molecular formula is C2H3Cl2NO2. The smallest absolute Gasteiger partial charge is 0.263 e. The second kappa shape index (κ2) is 3.04. The first kappa shape index (κ1) is 6.98. The van der Waals surface area contributed by atoms with Crippen LogP contribution in [-0.4, -0.2) is 16.3 Å². The molecule has 0 unspecified atom stereocenters. The third-order valence-corrected chi connectivity index (χ3v) is 1.12. The first-order chi connectivity index (χ1) is 3.18. The minimum Gasteiger partial charge on any atom is -0.263 e. The summed E-state index contributed by atoms with van der Waals surface area (Å²) in [6, 6.07) is 0. The molecule has 0 aliphatic heterocycles. The van der Waals surface area contributed by atoms with Crippen molar-refractivity contribution in [3.05, 3.63) is 10.1 Å². The third kappa shape index (κ3) is 2.65. The van der Waals surface area contributed by atoms with Gasteiger partial charge in [0.15, 0.2) is 0 Å². The Morgan fingerprint density at radius 2 is 2.29 bits per heavy atom. The zero-order valence-corrected chi connectivity index (χ0v) is 4.82. The maximum absolute atomic E-state index is 9.52. The van der Waals surface area contributed by atoms with E-state index in [0.717, 1.165) is 0 Å². The molecule has 0 aromatic heterocycles. The van der Waals surface area contributed by atoms with Crippen molar-refractivity contribution in [3.63, 3.8) is 0 Å². The average molecular weight is 144 g/mol. The Morgan fingerprint density at radius 3 is 2.29 bits per heavy atom. The van der Waals surface area contributed by atoms with E-state index in [0.29, 0.717) is 0 Å². The molecule has 0 N–H and O–H groups in total. The fraction of sp³-hybridized carbons (Fsp3) is 1.00. The fourth-order valence-corrected chi connectivity index (χ4v) is 0.169. The molecule has 0 amide bonds. The van der Waals surface area contributed by atoms with E-state index in [9.17, 15) is 10.1 Å². The van der Waals surface area contributed by atoms with E-state index in [1.807, 2.05) is 0 Å². The van der Waals surface area contributed by atoms with Crippen LogP contribution in [0.5, 0.6) is 0 Å². The Hall–Kier alpha value is -0.0200. The number of halogens is 2. The van der Waals surface area contributed by atoms with Crippen molar-refractivity contribution in [2.24, 2.45) is 0 Å². The highest BCUT2D eigenvalue weighted by Crippen LogP contribution is 1.97. The zero-order chi connectivity index (χ0) is 5.86. The maximum atomic E-state index is 9.52. The van der Waals surface area contributed by atoms with Crippen molar-refractivity contribution in [2.75, 3.05) is 5.88 Å². The number of alkyl halides is 2. The van der Waals surface area contributed by atoms with E-state index >= 15 is 0 Å². The summed E-state index contributed by atoms with van der Waals surface area (Å²) in [7, 11) is 0. The van der Waals surface area contributed by atoms with Gasteiger partial charge >= 0.3 is 0 Å². The topological polar surface area (TPSA) is 43.1 Å². The molecule has 0 rings (SSSR count).